The van der Waals surface area contributed by atoms with E-state index in [1.165, 1.54) is 7.11 Å². The Balaban J connectivity index is 1.87. The lowest BCUT2D eigenvalue weighted by molar-refractivity contribution is -0.129. The van der Waals surface area contributed by atoms with E-state index in [0.29, 0.717) is 36.1 Å². The molecule has 1 aromatic rings. The molecule has 6 nitrogen and oxygen atoms in total. The van der Waals surface area contributed by atoms with Crippen LogP contribution in [0, 0.1) is 5.92 Å². The Morgan fingerprint density at radius 3 is 2.89 bits per heavy atom. The fourth-order valence-corrected chi connectivity index (χ4v) is 3.54. The molecule has 0 spiro atoms. The highest BCUT2D eigenvalue weighted by molar-refractivity contribution is 7.08. The fraction of sp³-hybridized carbons (Fsp3) is 0.545. The van der Waals surface area contributed by atoms with Gasteiger partial charge >= 0.3 is 0 Å². The summed E-state index contributed by atoms with van der Waals surface area (Å²) in [7, 11) is 1.50. The summed E-state index contributed by atoms with van der Waals surface area (Å²) in [6.07, 6.45) is 1.40. The normalized spacial score (nSPS) is 28.9. The zero-order chi connectivity index (χ0) is 12.9. The van der Waals surface area contributed by atoms with E-state index >= 15 is 0 Å². The van der Waals surface area contributed by atoms with E-state index in [1.807, 2.05) is 0 Å². The Morgan fingerprint density at radius 1 is 1.61 bits per heavy atom. The van der Waals surface area contributed by atoms with Crippen LogP contribution in [0.1, 0.15) is 22.5 Å². The molecule has 7 heteroatoms. The van der Waals surface area contributed by atoms with Crippen molar-refractivity contribution in [1.29, 1.82) is 0 Å². The number of methoxy groups -OCH3 is 1. The van der Waals surface area contributed by atoms with E-state index in [4.69, 9.17) is 10.5 Å². The SMILES string of the molecule is COc1cc(C(=O)N2CC3CC2(C(N)=O)C3)sn1. The quantitative estimate of drug-likeness (QED) is 0.850. The lowest BCUT2D eigenvalue weighted by atomic mass is 9.73. The van der Waals surface area contributed by atoms with E-state index in [2.05, 4.69) is 4.37 Å². The minimum Gasteiger partial charge on any atom is -0.480 e. The number of nitrogens with zero attached hydrogens (tertiary/aromatic N) is 2. The molecule has 2 bridgehead atoms. The van der Waals surface area contributed by atoms with Crippen molar-refractivity contribution >= 4 is 23.3 Å². The number of ether oxygens (including phenoxy) is 1. The van der Waals surface area contributed by atoms with Gasteiger partial charge < -0.3 is 15.4 Å². The van der Waals surface area contributed by atoms with Crippen LogP contribution in [0.2, 0.25) is 0 Å². The van der Waals surface area contributed by atoms with Gasteiger partial charge in [0, 0.05) is 12.6 Å². The summed E-state index contributed by atoms with van der Waals surface area (Å²) >= 11 is 1.08. The largest absolute Gasteiger partial charge is 0.480 e. The van der Waals surface area contributed by atoms with Gasteiger partial charge in [-0.1, -0.05) is 0 Å². The first kappa shape index (κ1) is 11.5. The maximum Gasteiger partial charge on any atom is 0.266 e. The van der Waals surface area contributed by atoms with Crippen molar-refractivity contribution < 1.29 is 14.3 Å². The number of rotatable bonds is 3. The van der Waals surface area contributed by atoms with Crippen molar-refractivity contribution in [1.82, 2.24) is 9.27 Å². The van der Waals surface area contributed by atoms with E-state index in [1.54, 1.807) is 11.0 Å². The van der Waals surface area contributed by atoms with Gasteiger partial charge in [-0.3, -0.25) is 9.59 Å². The summed E-state index contributed by atoms with van der Waals surface area (Å²) in [6.45, 7) is 0.613. The van der Waals surface area contributed by atoms with Gasteiger partial charge in [0.05, 0.1) is 7.11 Å². The summed E-state index contributed by atoms with van der Waals surface area (Å²) < 4.78 is 8.94. The van der Waals surface area contributed by atoms with E-state index in [-0.39, 0.29) is 5.91 Å². The Morgan fingerprint density at radius 2 is 2.33 bits per heavy atom. The Labute approximate surface area is 108 Å². The molecule has 1 aromatic heterocycles. The lowest BCUT2D eigenvalue weighted by Gasteiger charge is -2.38. The molecule has 0 aromatic carbocycles. The lowest BCUT2D eigenvalue weighted by Crippen LogP contribution is -2.57. The number of carbonyl (C=O) groups excluding carboxylic acids is 2. The second-order valence-electron chi connectivity index (χ2n) is 4.82. The van der Waals surface area contributed by atoms with Crippen LogP contribution in [-0.2, 0) is 4.79 Å². The van der Waals surface area contributed by atoms with E-state index in [9.17, 15) is 9.59 Å². The van der Waals surface area contributed by atoms with Crippen molar-refractivity contribution in [2.45, 2.75) is 18.4 Å². The summed E-state index contributed by atoms with van der Waals surface area (Å²) in [5.41, 5.74) is 4.69. The third-order valence-corrected chi connectivity index (χ3v) is 4.58. The van der Waals surface area contributed by atoms with Crippen LogP contribution in [0.4, 0.5) is 0 Å². The maximum absolute atomic E-state index is 12.4. The first-order chi connectivity index (χ1) is 8.56. The Kier molecular flexibility index (Phi) is 2.34. The van der Waals surface area contributed by atoms with Crippen molar-refractivity contribution in [3.05, 3.63) is 10.9 Å². The third kappa shape index (κ3) is 1.37. The van der Waals surface area contributed by atoms with Crippen molar-refractivity contribution in [2.24, 2.45) is 11.7 Å². The number of primary amides is 1. The fourth-order valence-electron chi connectivity index (χ4n) is 2.88. The van der Waals surface area contributed by atoms with Crippen molar-refractivity contribution in [3.63, 3.8) is 0 Å². The standard InChI is InChI=1S/C11H13N3O3S/c1-17-8-2-7(18-13-8)9(15)14-5-6-3-11(14,4-6)10(12)16/h2,6H,3-5H2,1H3,(H2,12,16). The summed E-state index contributed by atoms with van der Waals surface area (Å²) in [5, 5.41) is 0. The first-order valence-corrected chi connectivity index (χ1v) is 6.47. The number of nitrogens with two attached hydrogens (primary N) is 1. The van der Waals surface area contributed by atoms with Crippen LogP contribution < -0.4 is 10.5 Å². The summed E-state index contributed by atoms with van der Waals surface area (Å²) in [5.74, 6) is 0.259. The number of hydrogen-bond acceptors (Lipinski definition) is 5. The van der Waals surface area contributed by atoms with Crippen LogP contribution in [0.25, 0.3) is 0 Å². The number of aromatic nitrogens is 1. The summed E-state index contributed by atoms with van der Waals surface area (Å²) in [4.78, 5) is 26.0. The van der Waals surface area contributed by atoms with Gasteiger partial charge in [-0.25, -0.2) is 0 Å². The molecule has 2 aliphatic heterocycles. The van der Waals surface area contributed by atoms with Gasteiger partial charge in [-0.05, 0) is 30.3 Å². The minimum atomic E-state index is -0.751. The Bertz CT molecular complexity index is 521. The molecule has 0 unspecified atom stereocenters. The average Bonchev–Trinajstić information content (AvgIpc) is 2.99. The van der Waals surface area contributed by atoms with E-state index < -0.39 is 11.4 Å². The van der Waals surface area contributed by atoms with Crippen LogP contribution in [-0.4, -0.2) is 40.3 Å². The van der Waals surface area contributed by atoms with Crippen LogP contribution >= 0.6 is 11.5 Å². The van der Waals surface area contributed by atoms with Crippen LogP contribution in [0.3, 0.4) is 0 Å². The molecule has 2 N–H and O–H groups in total. The minimum absolute atomic E-state index is 0.172. The molecular formula is C11H13N3O3S. The highest BCUT2D eigenvalue weighted by Crippen LogP contribution is 2.50. The third-order valence-electron chi connectivity index (χ3n) is 3.82. The predicted molar refractivity (Wildman–Crippen MR) is 64.4 cm³/mol. The molecule has 0 atom stereocenters. The predicted octanol–water partition coefficient (Wildman–Crippen LogP) is 0.242. The molecule has 2 saturated heterocycles. The highest BCUT2D eigenvalue weighted by Gasteiger charge is 2.61. The molecule has 3 heterocycles. The molecule has 18 heavy (non-hydrogen) atoms. The zero-order valence-electron chi connectivity index (χ0n) is 9.88. The van der Waals surface area contributed by atoms with Gasteiger partial charge in [0.15, 0.2) is 0 Å². The van der Waals surface area contributed by atoms with Crippen molar-refractivity contribution in [2.75, 3.05) is 13.7 Å². The molecular weight excluding hydrogens is 254 g/mol. The number of hydrogen-bond donors (Lipinski definition) is 1. The first-order valence-electron chi connectivity index (χ1n) is 5.69. The van der Waals surface area contributed by atoms with Crippen LogP contribution in [0.15, 0.2) is 6.07 Å². The number of fused-ring (bicyclic) bond motifs is 1. The van der Waals surface area contributed by atoms with Crippen molar-refractivity contribution in [3.8, 4) is 5.88 Å². The van der Waals surface area contributed by atoms with Crippen LogP contribution in [0.5, 0.6) is 5.88 Å². The monoisotopic (exact) mass is 267 g/mol. The van der Waals surface area contributed by atoms with Gasteiger partial charge in [-0.2, -0.15) is 4.37 Å². The van der Waals surface area contributed by atoms with Gasteiger partial charge in [0.2, 0.25) is 11.8 Å². The average molecular weight is 267 g/mol. The molecule has 1 saturated carbocycles. The zero-order valence-corrected chi connectivity index (χ0v) is 10.7. The highest BCUT2D eigenvalue weighted by atomic mass is 32.1. The second-order valence-corrected chi connectivity index (χ2v) is 5.62. The molecule has 3 fully saturated rings. The topological polar surface area (TPSA) is 85.5 Å². The van der Waals surface area contributed by atoms with Gasteiger partial charge in [0.1, 0.15) is 10.4 Å². The molecule has 4 rings (SSSR count). The number of carbonyl (C=O) groups is 2. The molecule has 1 aliphatic carbocycles. The maximum atomic E-state index is 12.4. The molecule has 3 aliphatic rings. The van der Waals surface area contributed by atoms with E-state index in [0.717, 1.165) is 11.5 Å². The molecule has 2 amide bonds. The smallest absolute Gasteiger partial charge is 0.266 e. The van der Waals surface area contributed by atoms with Gasteiger partial charge in [0.25, 0.3) is 5.91 Å². The van der Waals surface area contributed by atoms with Gasteiger partial charge in [-0.15, -0.1) is 0 Å². The summed E-state index contributed by atoms with van der Waals surface area (Å²) in [6, 6.07) is 1.59. The second kappa shape index (κ2) is 3.68. The molecule has 0 radical (unpaired) electrons. The molecule has 96 valence electrons. The number of amides is 2. The Hall–Kier alpha value is -1.63.